The normalized spacial score (nSPS) is 24.4. The number of hydrogen-bond donors (Lipinski definition) is 1. The third kappa shape index (κ3) is 4.84. The van der Waals surface area contributed by atoms with Crippen molar-refractivity contribution in [2.45, 2.75) is 58.9 Å². The van der Waals surface area contributed by atoms with Gasteiger partial charge in [0.05, 0.1) is 12.0 Å². The number of amides is 2. The van der Waals surface area contributed by atoms with Gasteiger partial charge in [0.25, 0.3) is 5.91 Å². The molecule has 1 saturated carbocycles. The van der Waals surface area contributed by atoms with Crippen LogP contribution in [-0.2, 0) is 4.79 Å². The Morgan fingerprint density at radius 3 is 2.34 bits per heavy atom. The van der Waals surface area contributed by atoms with Crippen molar-refractivity contribution in [3.05, 3.63) is 94.2 Å². The monoisotopic (exact) mass is 468 g/mol. The number of piperidine rings is 1. The Morgan fingerprint density at radius 1 is 0.943 bits per heavy atom. The van der Waals surface area contributed by atoms with Crippen molar-refractivity contribution in [3.63, 3.8) is 0 Å². The van der Waals surface area contributed by atoms with E-state index in [0.717, 1.165) is 47.2 Å². The van der Waals surface area contributed by atoms with Gasteiger partial charge in [-0.05, 0) is 86.1 Å². The Hall–Kier alpha value is -3.14. The molecule has 4 nitrogen and oxygen atoms in total. The van der Waals surface area contributed by atoms with Crippen LogP contribution in [0.25, 0.3) is 0 Å². The highest BCUT2D eigenvalue weighted by Gasteiger charge is 2.40. The maximum absolute atomic E-state index is 13.9. The number of aryl methyl sites for hydroxylation is 2. The Labute approximate surface area is 209 Å². The molecule has 2 aliphatic carbocycles. The number of allylic oxidation sites excluding steroid dienone is 4. The van der Waals surface area contributed by atoms with Crippen molar-refractivity contribution in [2.75, 3.05) is 6.54 Å². The summed E-state index contributed by atoms with van der Waals surface area (Å²) in [4.78, 5) is 29.7. The van der Waals surface area contributed by atoms with Gasteiger partial charge in [0.1, 0.15) is 0 Å². The minimum absolute atomic E-state index is 0.0242. The molecule has 4 heteroatoms. The fourth-order valence-corrected chi connectivity index (χ4v) is 5.77. The first-order valence-corrected chi connectivity index (χ1v) is 13.1. The van der Waals surface area contributed by atoms with Gasteiger partial charge in [0.15, 0.2) is 0 Å². The highest BCUT2D eigenvalue weighted by molar-refractivity contribution is 5.98. The fraction of sp³-hybridized carbons (Fsp3) is 0.419. The second-order valence-electron chi connectivity index (χ2n) is 10.6. The number of nitrogens with one attached hydrogen (secondary N) is 1. The van der Waals surface area contributed by atoms with E-state index in [1.54, 1.807) is 0 Å². The Balaban J connectivity index is 1.46. The third-order valence-electron chi connectivity index (χ3n) is 7.94. The average molecular weight is 469 g/mol. The Kier molecular flexibility index (Phi) is 6.64. The topological polar surface area (TPSA) is 49.4 Å². The highest BCUT2D eigenvalue weighted by Crippen LogP contribution is 2.41. The molecule has 35 heavy (non-hydrogen) atoms. The maximum Gasteiger partial charge on any atom is 0.254 e. The number of likely N-dealkylation sites (tertiary alicyclic amines) is 1. The molecule has 2 aromatic rings. The first kappa shape index (κ1) is 23.6. The molecule has 0 radical (unpaired) electrons. The van der Waals surface area contributed by atoms with Crippen molar-refractivity contribution in [1.82, 2.24) is 10.2 Å². The fourth-order valence-electron chi connectivity index (χ4n) is 5.77. The lowest BCUT2D eigenvalue weighted by atomic mass is 9.82. The largest absolute Gasteiger partial charge is 0.331 e. The summed E-state index contributed by atoms with van der Waals surface area (Å²) in [6.07, 6.45) is 9.63. The van der Waals surface area contributed by atoms with Crippen molar-refractivity contribution in [3.8, 4) is 0 Å². The van der Waals surface area contributed by atoms with Gasteiger partial charge < -0.3 is 10.2 Å². The van der Waals surface area contributed by atoms with E-state index in [2.05, 4.69) is 36.5 Å². The third-order valence-corrected chi connectivity index (χ3v) is 7.94. The van der Waals surface area contributed by atoms with Crippen LogP contribution < -0.4 is 5.32 Å². The van der Waals surface area contributed by atoms with E-state index in [0.29, 0.717) is 18.4 Å². The maximum atomic E-state index is 13.9. The molecule has 0 spiro atoms. The number of carbonyl (C=O) groups is 2. The SMILES string of the molecule is Cc1cccc(C)c1C(=O)N1CCC[C@H](C(=O)NC2=CC(C3CC3)=CCC2C)[C@@H]1c1ccccc1. The summed E-state index contributed by atoms with van der Waals surface area (Å²) in [6, 6.07) is 15.8. The van der Waals surface area contributed by atoms with Crippen LogP contribution in [0.15, 0.2) is 72.0 Å². The summed E-state index contributed by atoms with van der Waals surface area (Å²) < 4.78 is 0. The number of hydrogen-bond acceptors (Lipinski definition) is 2. The van der Waals surface area contributed by atoms with Gasteiger partial charge in [-0.15, -0.1) is 0 Å². The molecule has 3 aliphatic rings. The lowest BCUT2D eigenvalue weighted by Gasteiger charge is -2.41. The van der Waals surface area contributed by atoms with Crippen LogP contribution in [0.4, 0.5) is 0 Å². The molecule has 2 amide bonds. The van der Waals surface area contributed by atoms with Crippen LogP contribution in [0.2, 0.25) is 0 Å². The quantitative estimate of drug-likeness (QED) is 0.562. The molecule has 3 atom stereocenters. The van der Waals surface area contributed by atoms with E-state index in [4.69, 9.17) is 0 Å². The number of rotatable bonds is 5. The molecule has 0 aromatic heterocycles. The second-order valence-corrected chi connectivity index (χ2v) is 10.6. The Bertz CT molecular complexity index is 1160. The summed E-state index contributed by atoms with van der Waals surface area (Å²) in [5.41, 5.74) is 6.16. The van der Waals surface area contributed by atoms with Crippen molar-refractivity contribution < 1.29 is 9.59 Å². The predicted octanol–water partition coefficient (Wildman–Crippen LogP) is 6.27. The van der Waals surface area contributed by atoms with Crippen molar-refractivity contribution >= 4 is 11.8 Å². The van der Waals surface area contributed by atoms with Gasteiger partial charge in [-0.2, -0.15) is 0 Å². The minimum atomic E-state index is -0.289. The van der Waals surface area contributed by atoms with Gasteiger partial charge in [-0.25, -0.2) is 0 Å². The van der Waals surface area contributed by atoms with Gasteiger partial charge in [-0.1, -0.05) is 61.5 Å². The van der Waals surface area contributed by atoms with Crippen LogP contribution in [0.3, 0.4) is 0 Å². The summed E-state index contributed by atoms with van der Waals surface area (Å²) >= 11 is 0. The summed E-state index contributed by atoms with van der Waals surface area (Å²) in [7, 11) is 0. The standard InChI is InChI=1S/C31H36N2O2/c1-20-14-15-25(23-16-17-23)19-27(20)32-30(34)26-13-8-18-33(29(26)24-11-5-4-6-12-24)31(35)28-21(2)9-7-10-22(28)3/h4-7,9-12,15,19-20,23,26,29H,8,13-14,16-18H2,1-3H3,(H,32,34)/t20?,26-,29-/m0/s1. The average Bonchev–Trinajstić information content (AvgIpc) is 3.71. The number of nitrogens with zero attached hydrogens (tertiary/aromatic N) is 1. The molecule has 182 valence electrons. The zero-order valence-electron chi connectivity index (χ0n) is 21.1. The molecule has 1 N–H and O–H groups in total. The van der Waals surface area contributed by atoms with Crippen LogP contribution in [-0.4, -0.2) is 23.3 Å². The van der Waals surface area contributed by atoms with Crippen molar-refractivity contribution in [2.24, 2.45) is 17.8 Å². The van der Waals surface area contributed by atoms with E-state index < -0.39 is 0 Å². The van der Waals surface area contributed by atoms with E-state index in [-0.39, 0.29) is 23.8 Å². The van der Waals surface area contributed by atoms with Gasteiger partial charge in [0.2, 0.25) is 5.91 Å². The first-order valence-electron chi connectivity index (χ1n) is 13.1. The molecule has 0 bridgehead atoms. The van der Waals surface area contributed by atoms with Crippen LogP contribution in [0.5, 0.6) is 0 Å². The van der Waals surface area contributed by atoms with Crippen molar-refractivity contribution in [1.29, 1.82) is 0 Å². The Morgan fingerprint density at radius 2 is 1.66 bits per heavy atom. The summed E-state index contributed by atoms with van der Waals surface area (Å²) in [6.45, 7) is 6.82. The first-order chi connectivity index (χ1) is 16.9. The van der Waals surface area contributed by atoms with Crippen LogP contribution in [0.1, 0.15) is 72.1 Å². The second kappa shape index (κ2) is 9.85. The lowest BCUT2D eigenvalue weighted by molar-refractivity contribution is -0.127. The molecule has 1 aliphatic heterocycles. The smallest absolute Gasteiger partial charge is 0.254 e. The number of carbonyl (C=O) groups excluding carboxylic acids is 2. The van der Waals surface area contributed by atoms with E-state index >= 15 is 0 Å². The highest BCUT2D eigenvalue weighted by atomic mass is 16.2. The van der Waals surface area contributed by atoms with Crippen LogP contribution >= 0.6 is 0 Å². The zero-order chi connectivity index (χ0) is 24.5. The molecule has 1 saturated heterocycles. The molecule has 2 aromatic carbocycles. The van der Waals surface area contributed by atoms with Gasteiger partial charge >= 0.3 is 0 Å². The molecular formula is C31H36N2O2. The molecular weight excluding hydrogens is 432 g/mol. The summed E-state index contributed by atoms with van der Waals surface area (Å²) in [5.74, 6) is 0.742. The van der Waals surface area contributed by atoms with Crippen LogP contribution in [0, 0.1) is 31.6 Å². The van der Waals surface area contributed by atoms with Gasteiger partial charge in [-0.3, -0.25) is 9.59 Å². The predicted molar refractivity (Wildman–Crippen MR) is 140 cm³/mol. The molecule has 2 fully saturated rings. The van der Waals surface area contributed by atoms with E-state index in [1.807, 2.05) is 55.1 Å². The molecule has 5 rings (SSSR count). The summed E-state index contributed by atoms with van der Waals surface area (Å²) in [5, 5.41) is 3.32. The number of benzene rings is 2. The molecule has 1 unspecified atom stereocenters. The van der Waals surface area contributed by atoms with E-state index in [1.165, 1.54) is 18.4 Å². The molecule has 1 heterocycles. The lowest BCUT2D eigenvalue weighted by Crippen LogP contribution is -2.48. The van der Waals surface area contributed by atoms with Gasteiger partial charge in [0, 0.05) is 17.8 Å². The zero-order valence-corrected chi connectivity index (χ0v) is 21.1. The minimum Gasteiger partial charge on any atom is -0.331 e. The van der Waals surface area contributed by atoms with E-state index in [9.17, 15) is 9.59 Å².